The fraction of sp³-hybridized carbons (Fsp3) is 0. The van der Waals surface area contributed by atoms with Crippen molar-refractivity contribution in [3.63, 3.8) is 0 Å². The second kappa shape index (κ2) is 6.61. The Kier molecular flexibility index (Phi) is 4.00. The van der Waals surface area contributed by atoms with Gasteiger partial charge < -0.3 is 11.5 Å². The van der Waals surface area contributed by atoms with E-state index in [2.05, 4.69) is 42.4 Å². The maximum atomic E-state index is 5.97. The summed E-state index contributed by atoms with van der Waals surface area (Å²) in [4.78, 5) is 0. The van der Waals surface area contributed by atoms with Crippen LogP contribution >= 0.6 is 57.1 Å². The fourth-order valence-electron chi connectivity index (χ4n) is 3.57. The zero-order valence-corrected chi connectivity index (χ0v) is 18.8. The van der Waals surface area contributed by atoms with Crippen LogP contribution in [0.5, 0.6) is 0 Å². The number of benzene rings is 2. The van der Waals surface area contributed by atoms with Crippen molar-refractivity contribution in [3.8, 4) is 0 Å². The highest BCUT2D eigenvalue weighted by molar-refractivity contribution is 7.26. The molecule has 0 radical (unpaired) electrons. The van der Waals surface area contributed by atoms with Crippen molar-refractivity contribution in [3.05, 3.63) is 45.8 Å². The van der Waals surface area contributed by atoms with Gasteiger partial charge in [0.1, 0.15) is 11.0 Å². The molecule has 4 N–H and O–H groups in total. The molecule has 5 heterocycles. The van der Waals surface area contributed by atoms with E-state index in [0.717, 1.165) is 21.8 Å². The van der Waals surface area contributed by atoms with Crippen molar-refractivity contribution < 1.29 is 0 Å². The Morgan fingerprint density at radius 1 is 0.517 bits per heavy atom. The molecule has 4 nitrogen and oxygen atoms in total. The first-order valence-electron chi connectivity index (χ1n) is 8.64. The maximum Gasteiger partial charge on any atom is 0.114 e. The Balaban J connectivity index is 0.000000114. The molecule has 9 heteroatoms. The predicted octanol–water partition coefficient (Wildman–Crippen LogP) is 7.40. The first kappa shape index (κ1) is 17.5. The quantitative estimate of drug-likeness (QED) is 0.179. The summed E-state index contributed by atoms with van der Waals surface area (Å²) in [6.45, 7) is 0. The summed E-state index contributed by atoms with van der Waals surface area (Å²) in [6.07, 6.45) is 0. The molecule has 5 aromatic heterocycles. The summed E-state index contributed by atoms with van der Waals surface area (Å²) in [6, 6.07) is 8.35. The Hall–Kier alpha value is -2.30. The van der Waals surface area contributed by atoms with Gasteiger partial charge in [-0.2, -0.15) is 8.75 Å². The largest absolute Gasteiger partial charge is 0.397 e. The van der Waals surface area contributed by atoms with Crippen LogP contribution in [0.1, 0.15) is 0 Å². The topological polar surface area (TPSA) is 77.8 Å². The number of nitrogens with zero attached hydrogens (tertiary/aromatic N) is 2. The van der Waals surface area contributed by atoms with Crippen LogP contribution in [0.15, 0.2) is 45.8 Å². The number of nitrogen functional groups attached to an aromatic ring is 2. The minimum atomic E-state index is 0.715. The standard InChI is InChI=1S/C10H4N2S3.C10H8N2S2/c1-3-13-9-5(1)7-8(12-15-11-7)6-2-4-14-10(6)9;11-7-5-1-3-13-9(5)10-6(8(7)12)2-4-14-10/h1-4H;1-4H,11-12H2. The SMILES string of the molecule is Nc1c(N)c2ccsc2c2sccc12.c1cc2c3nsnc3c3ccsc3c2s1. The van der Waals surface area contributed by atoms with Gasteiger partial charge in [-0.3, -0.25) is 0 Å². The third-order valence-corrected chi connectivity index (χ3v) is 9.46. The molecule has 0 saturated heterocycles. The van der Waals surface area contributed by atoms with Gasteiger partial charge in [0.25, 0.3) is 0 Å². The van der Waals surface area contributed by atoms with Crippen molar-refractivity contribution in [2.24, 2.45) is 0 Å². The number of nitrogens with two attached hydrogens (primary N) is 2. The summed E-state index contributed by atoms with van der Waals surface area (Å²) in [7, 11) is 0. The van der Waals surface area contributed by atoms with Crippen molar-refractivity contribution >= 4 is 120 Å². The van der Waals surface area contributed by atoms with Crippen LogP contribution in [-0.4, -0.2) is 8.75 Å². The molecule has 29 heavy (non-hydrogen) atoms. The van der Waals surface area contributed by atoms with E-state index in [1.807, 2.05) is 12.1 Å². The summed E-state index contributed by atoms with van der Waals surface area (Å²) in [5.41, 5.74) is 15.5. The molecule has 7 rings (SSSR count). The van der Waals surface area contributed by atoms with Crippen LogP contribution in [0.25, 0.3) is 51.4 Å². The molecule has 0 atom stereocenters. The summed E-state index contributed by atoms with van der Waals surface area (Å²) >= 11 is 8.31. The highest BCUT2D eigenvalue weighted by atomic mass is 32.1. The van der Waals surface area contributed by atoms with Gasteiger partial charge in [0.15, 0.2) is 0 Å². The number of rotatable bonds is 0. The van der Waals surface area contributed by atoms with Crippen molar-refractivity contribution in [2.45, 2.75) is 0 Å². The van der Waals surface area contributed by atoms with Gasteiger partial charge in [-0.1, -0.05) is 0 Å². The average Bonchev–Trinajstić information content (AvgIpc) is 3.53. The zero-order chi connectivity index (χ0) is 19.5. The van der Waals surface area contributed by atoms with E-state index in [9.17, 15) is 0 Å². The van der Waals surface area contributed by atoms with Gasteiger partial charge in [-0.05, 0) is 45.8 Å². The average molecular weight is 469 g/mol. The van der Waals surface area contributed by atoms with E-state index in [1.165, 1.54) is 41.3 Å². The third kappa shape index (κ3) is 2.52. The molecule has 142 valence electrons. The molecule has 0 amide bonds. The molecule has 0 aliphatic carbocycles. The number of thiophene rings is 4. The molecule has 0 spiro atoms. The van der Waals surface area contributed by atoms with Gasteiger partial charge in [0.2, 0.25) is 0 Å². The highest BCUT2D eigenvalue weighted by Crippen LogP contribution is 2.42. The normalized spacial score (nSPS) is 11.7. The Labute approximate surface area is 185 Å². The van der Waals surface area contributed by atoms with E-state index in [0.29, 0.717) is 11.4 Å². The Morgan fingerprint density at radius 2 is 0.862 bits per heavy atom. The molecule has 0 saturated carbocycles. The van der Waals surface area contributed by atoms with E-state index >= 15 is 0 Å². The van der Waals surface area contributed by atoms with Gasteiger partial charge in [-0.25, -0.2) is 0 Å². The molecule has 0 unspecified atom stereocenters. The molecule has 7 aromatic rings. The second-order valence-corrected chi connectivity index (χ2v) is 10.6. The first-order chi connectivity index (χ1) is 14.2. The summed E-state index contributed by atoms with van der Waals surface area (Å²) in [5.74, 6) is 0. The van der Waals surface area contributed by atoms with Crippen molar-refractivity contribution in [1.82, 2.24) is 8.75 Å². The number of aromatic nitrogens is 2. The van der Waals surface area contributed by atoms with Crippen LogP contribution in [0.3, 0.4) is 0 Å². The molecule has 0 aliphatic rings. The summed E-state index contributed by atoms with van der Waals surface area (Å²) in [5, 5.41) is 13.0. The van der Waals surface area contributed by atoms with Crippen LogP contribution in [-0.2, 0) is 0 Å². The zero-order valence-electron chi connectivity index (χ0n) is 14.7. The lowest BCUT2D eigenvalue weighted by molar-refractivity contribution is 1.72. The highest BCUT2D eigenvalue weighted by Gasteiger charge is 2.13. The number of hydrogen-bond donors (Lipinski definition) is 2. The first-order valence-corrected chi connectivity index (χ1v) is 12.9. The predicted molar refractivity (Wildman–Crippen MR) is 134 cm³/mol. The van der Waals surface area contributed by atoms with E-state index in [-0.39, 0.29) is 0 Å². The molecule has 2 aromatic carbocycles. The van der Waals surface area contributed by atoms with Crippen LogP contribution in [0.4, 0.5) is 11.4 Å². The van der Waals surface area contributed by atoms with Crippen LogP contribution < -0.4 is 11.5 Å². The number of anilines is 2. The lowest BCUT2D eigenvalue weighted by Gasteiger charge is -2.03. The lowest BCUT2D eigenvalue weighted by atomic mass is 10.1. The monoisotopic (exact) mass is 468 g/mol. The van der Waals surface area contributed by atoms with E-state index in [1.54, 1.807) is 45.3 Å². The molecule has 0 aliphatic heterocycles. The second-order valence-electron chi connectivity index (χ2n) is 6.44. The van der Waals surface area contributed by atoms with Gasteiger partial charge in [0.05, 0.1) is 41.9 Å². The van der Waals surface area contributed by atoms with Crippen molar-refractivity contribution in [1.29, 1.82) is 0 Å². The minimum absolute atomic E-state index is 0.715. The molecular formula is C20H12N4S5. The van der Waals surface area contributed by atoms with Gasteiger partial charge >= 0.3 is 0 Å². The van der Waals surface area contributed by atoms with Crippen LogP contribution in [0.2, 0.25) is 0 Å². The molecule has 0 fully saturated rings. The smallest absolute Gasteiger partial charge is 0.114 e. The molecular weight excluding hydrogens is 457 g/mol. The number of hydrogen-bond acceptors (Lipinski definition) is 9. The third-order valence-electron chi connectivity index (χ3n) is 4.94. The fourth-order valence-corrected chi connectivity index (χ4v) is 8.14. The maximum absolute atomic E-state index is 5.97. The lowest BCUT2D eigenvalue weighted by Crippen LogP contribution is -1.94. The summed E-state index contributed by atoms with van der Waals surface area (Å²) < 4.78 is 14.0. The Morgan fingerprint density at radius 3 is 1.28 bits per heavy atom. The molecule has 0 bridgehead atoms. The van der Waals surface area contributed by atoms with Crippen molar-refractivity contribution in [2.75, 3.05) is 11.5 Å². The van der Waals surface area contributed by atoms with Crippen LogP contribution in [0, 0.1) is 0 Å². The number of fused-ring (bicyclic) bond motifs is 9. The van der Waals surface area contributed by atoms with Gasteiger partial charge in [-0.15, -0.1) is 45.3 Å². The van der Waals surface area contributed by atoms with E-state index < -0.39 is 0 Å². The van der Waals surface area contributed by atoms with Gasteiger partial charge in [0, 0.05) is 21.5 Å². The minimum Gasteiger partial charge on any atom is -0.397 e. The Bertz CT molecular complexity index is 1390. The van der Waals surface area contributed by atoms with E-state index in [4.69, 9.17) is 11.5 Å².